The number of likely N-dealkylation sites (tertiary alicyclic amines) is 1. The average molecular weight is 394 g/mol. The molecule has 25 heavy (non-hydrogen) atoms. The Kier molecular flexibility index (Phi) is 7.55. The van der Waals surface area contributed by atoms with Crippen molar-refractivity contribution in [3.05, 3.63) is 0 Å². The third-order valence-corrected chi connectivity index (χ3v) is 6.55. The van der Waals surface area contributed by atoms with E-state index < -0.39 is 10.0 Å². The summed E-state index contributed by atoms with van der Waals surface area (Å²) < 4.78 is 25.0. The van der Waals surface area contributed by atoms with Crippen molar-refractivity contribution < 1.29 is 13.2 Å². The molecule has 3 fully saturated rings. The Morgan fingerprint density at radius 3 is 2.48 bits per heavy atom. The summed E-state index contributed by atoms with van der Waals surface area (Å²) in [6.45, 7) is 1.25. The van der Waals surface area contributed by atoms with Gasteiger partial charge >= 0.3 is 0 Å². The molecule has 1 amide bonds. The molecule has 3 heterocycles. The number of nitrogens with zero attached hydrogens (tertiary/aromatic N) is 1. The van der Waals surface area contributed by atoms with E-state index >= 15 is 0 Å². The number of fused-ring (bicyclic) bond motifs is 2. The van der Waals surface area contributed by atoms with E-state index in [4.69, 9.17) is 0 Å². The molecule has 8 heteroatoms. The fraction of sp³-hybridized carbons (Fsp3) is 0.941. The first-order valence-electron chi connectivity index (χ1n) is 9.41. The first kappa shape index (κ1) is 20.9. The topological polar surface area (TPSA) is 78.5 Å². The standard InChI is InChI=1S/C17H31N3O3S.ClH/c1-24(22,23)18-8-7-16-4-2-3-9-20(16)17(21)12-13-10-14-5-6-15(11-13)19-14;/h13-16,18-19H,2-12H2,1H3;1H. The van der Waals surface area contributed by atoms with Gasteiger partial charge in [0.05, 0.1) is 6.26 Å². The molecule has 2 N–H and O–H groups in total. The highest BCUT2D eigenvalue weighted by Crippen LogP contribution is 2.33. The normalized spacial score (nSPS) is 32.3. The van der Waals surface area contributed by atoms with Gasteiger partial charge in [-0.25, -0.2) is 13.1 Å². The van der Waals surface area contributed by atoms with Crippen LogP contribution in [0.15, 0.2) is 0 Å². The summed E-state index contributed by atoms with van der Waals surface area (Å²) in [6, 6.07) is 1.44. The third kappa shape index (κ3) is 6.08. The summed E-state index contributed by atoms with van der Waals surface area (Å²) in [5.74, 6) is 0.804. The van der Waals surface area contributed by atoms with Crippen molar-refractivity contribution in [2.24, 2.45) is 5.92 Å². The van der Waals surface area contributed by atoms with Gasteiger partial charge in [0.25, 0.3) is 0 Å². The van der Waals surface area contributed by atoms with E-state index in [2.05, 4.69) is 10.0 Å². The molecule has 3 aliphatic rings. The minimum Gasteiger partial charge on any atom is -0.340 e. The number of hydrogen-bond acceptors (Lipinski definition) is 4. The highest BCUT2D eigenvalue weighted by molar-refractivity contribution is 7.88. The van der Waals surface area contributed by atoms with Crippen LogP contribution in [0.4, 0.5) is 0 Å². The molecule has 3 unspecified atom stereocenters. The molecule has 0 aromatic heterocycles. The van der Waals surface area contributed by atoms with E-state index in [0.717, 1.165) is 45.1 Å². The van der Waals surface area contributed by atoms with E-state index in [9.17, 15) is 13.2 Å². The zero-order chi connectivity index (χ0) is 17.2. The molecule has 0 aliphatic carbocycles. The van der Waals surface area contributed by atoms with E-state index in [0.29, 0.717) is 31.0 Å². The zero-order valence-electron chi connectivity index (χ0n) is 15.1. The molecule has 0 aromatic rings. The molecule has 2 bridgehead atoms. The molecule has 0 spiro atoms. The molecular weight excluding hydrogens is 362 g/mol. The number of sulfonamides is 1. The van der Waals surface area contributed by atoms with E-state index in [-0.39, 0.29) is 24.4 Å². The Bertz CT molecular complexity index is 545. The van der Waals surface area contributed by atoms with Crippen molar-refractivity contribution in [2.75, 3.05) is 19.3 Å². The highest BCUT2D eigenvalue weighted by Gasteiger charge is 2.36. The van der Waals surface area contributed by atoms with Crippen LogP contribution in [0.25, 0.3) is 0 Å². The summed E-state index contributed by atoms with van der Waals surface area (Å²) in [4.78, 5) is 14.9. The molecular formula is C17H32ClN3O3S. The van der Waals surface area contributed by atoms with Gasteiger partial charge in [-0.2, -0.15) is 0 Å². The van der Waals surface area contributed by atoms with Crippen LogP contribution < -0.4 is 10.0 Å². The minimum absolute atomic E-state index is 0. The Labute approximate surface area is 157 Å². The number of rotatable bonds is 6. The Balaban J connectivity index is 0.00000225. The maximum Gasteiger partial charge on any atom is 0.223 e. The first-order valence-corrected chi connectivity index (χ1v) is 11.3. The van der Waals surface area contributed by atoms with Gasteiger partial charge in [0.15, 0.2) is 0 Å². The summed E-state index contributed by atoms with van der Waals surface area (Å²) in [5, 5.41) is 3.63. The molecule has 0 aromatic carbocycles. The van der Waals surface area contributed by atoms with Crippen LogP contribution in [0.1, 0.15) is 57.8 Å². The number of carbonyl (C=O) groups is 1. The molecule has 0 radical (unpaired) electrons. The second kappa shape index (κ2) is 9.02. The maximum atomic E-state index is 12.8. The number of nitrogens with one attached hydrogen (secondary N) is 2. The van der Waals surface area contributed by atoms with Gasteiger partial charge in [0.2, 0.25) is 15.9 Å². The van der Waals surface area contributed by atoms with Crippen LogP contribution in [0, 0.1) is 5.92 Å². The Hall–Kier alpha value is -0.370. The predicted molar refractivity (Wildman–Crippen MR) is 101 cm³/mol. The molecule has 3 atom stereocenters. The first-order chi connectivity index (χ1) is 11.4. The largest absolute Gasteiger partial charge is 0.340 e. The van der Waals surface area contributed by atoms with Gasteiger partial charge < -0.3 is 10.2 Å². The number of amides is 1. The molecule has 3 aliphatic heterocycles. The van der Waals surface area contributed by atoms with Crippen molar-refractivity contribution in [3.63, 3.8) is 0 Å². The van der Waals surface area contributed by atoms with Crippen molar-refractivity contribution >= 4 is 28.3 Å². The summed E-state index contributed by atoms with van der Waals surface area (Å²) in [5.41, 5.74) is 0. The maximum absolute atomic E-state index is 12.8. The van der Waals surface area contributed by atoms with Crippen molar-refractivity contribution in [1.29, 1.82) is 0 Å². The summed E-state index contributed by atoms with van der Waals surface area (Å²) in [6.07, 6.45) is 10.6. The van der Waals surface area contributed by atoms with Crippen molar-refractivity contribution in [2.45, 2.75) is 75.9 Å². The van der Waals surface area contributed by atoms with Crippen molar-refractivity contribution in [1.82, 2.24) is 14.9 Å². The molecule has 3 saturated heterocycles. The molecule has 6 nitrogen and oxygen atoms in total. The summed E-state index contributed by atoms with van der Waals surface area (Å²) in [7, 11) is -3.15. The highest BCUT2D eigenvalue weighted by atomic mass is 35.5. The van der Waals surface area contributed by atoms with Gasteiger partial charge in [-0.1, -0.05) is 0 Å². The quantitative estimate of drug-likeness (QED) is 0.719. The zero-order valence-corrected chi connectivity index (χ0v) is 16.7. The molecule has 0 saturated carbocycles. The second-order valence-electron chi connectivity index (χ2n) is 7.87. The van der Waals surface area contributed by atoms with E-state index in [1.54, 1.807) is 0 Å². The van der Waals surface area contributed by atoms with Crippen LogP contribution in [-0.2, 0) is 14.8 Å². The molecule has 3 rings (SSSR count). The lowest BCUT2D eigenvalue weighted by atomic mass is 9.88. The minimum atomic E-state index is -3.15. The number of carbonyl (C=O) groups excluding carboxylic acids is 1. The third-order valence-electron chi connectivity index (χ3n) is 5.82. The van der Waals surface area contributed by atoms with Crippen LogP contribution in [-0.4, -0.2) is 56.7 Å². The predicted octanol–water partition coefficient (Wildman–Crippen LogP) is 1.65. The van der Waals surface area contributed by atoms with Gasteiger partial charge in [0, 0.05) is 37.6 Å². The van der Waals surface area contributed by atoms with Crippen LogP contribution in [0.5, 0.6) is 0 Å². The van der Waals surface area contributed by atoms with Gasteiger partial charge in [-0.05, 0) is 57.3 Å². The number of halogens is 1. The average Bonchev–Trinajstić information content (AvgIpc) is 2.85. The lowest BCUT2D eigenvalue weighted by Crippen LogP contribution is -2.46. The molecule has 146 valence electrons. The lowest BCUT2D eigenvalue weighted by Gasteiger charge is -2.38. The van der Waals surface area contributed by atoms with Crippen molar-refractivity contribution in [3.8, 4) is 0 Å². The van der Waals surface area contributed by atoms with E-state index in [1.807, 2.05) is 4.90 Å². The van der Waals surface area contributed by atoms with Crippen LogP contribution >= 0.6 is 12.4 Å². The smallest absolute Gasteiger partial charge is 0.223 e. The fourth-order valence-electron chi connectivity index (χ4n) is 4.75. The Morgan fingerprint density at radius 2 is 1.84 bits per heavy atom. The fourth-order valence-corrected chi connectivity index (χ4v) is 5.23. The SMILES string of the molecule is CS(=O)(=O)NCCC1CCCCN1C(=O)CC1CC2CCC(C1)N2.Cl. The van der Waals surface area contributed by atoms with Gasteiger partial charge in [-0.3, -0.25) is 4.79 Å². The monoisotopic (exact) mass is 393 g/mol. The summed E-state index contributed by atoms with van der Waals surface area (Å²) >= 11 is 0. The van der Waals surface area contributed by atoms with Crippen LogP contribution in [0.3, 0.4) is 0 Å². The van der Waals surface area contributed by atoms with Gasteiger partial charge in [0.1, 0.15) is 0 Å². The van der Waals surface area contributed by atoms with Gasteiger partial charge in [-0.15, -0.1) is 12.4 Å². The lowest BCUT2D eigenvalue weighted by molar-refractivity contribution is -0.136. The van der Waals surface area contributed by atoms with Crippen LogP contribution in [0.2, 0.25) is 0 Å². The number of hydrogen-bond donors (Lipinski definition) is 2. The Morgan fingerprint density at radius 1 is 1.16 bits per heavy atom. The number of piperidine rings is 2. The van der Waals surface area contributed by atoms with E-state index in [1.165, 1.54) is 19.1 Å². The second-order valence-corrected chi connectivity index (χ2v) is 9.70.